The molecule has 0 aliphatic heterocycles. The minimum atomic E-state index is 0.439. The van der Waals surface area contributed by atoms with Crippen LogP contribution in [0.2, 0.25) is 0 Å². The first-order chi connectivity index (χ1) is 7.36. The van der Waals surface area contributed by atoms with Gasteiger partial charge in [-0.2, -0.15) is 0 Å². The lowest BCUT2D eigenvalue weighted by molar-refractivity contribution is 0.160. The highest BCUT2D eigenvalue weighted by Gasteiger charge is 2.15. The molecule has 1 aliphatic rings. The average molecular weight is 234 g/mol. The van der Waals surface area contributed by atoms with E-state index in [1.807, 2.05) is 0 Å². The summed E-state index contributed by atoms with van der Waals surface area (Å²) >= 11 is 5.76. The standard InChI is InChI=1S/C12H24ClNO/c1-15-10-12(7-8-13)14-9-11-5-3-2-4-6-11/h11-12,14H,2-10H2,1H3. The van der Waals surface area contributed by atoms with Crippen LogP contribution < -0.4 is 5.32 Å². The molecule has 1 N–H and O–H groups in total. The number of halogens is 1. The zero-order valence-electron chi connectivity index (χ0n) is 9.80. The fraction of sp³-hybridized carbons (Fsp3) is 1.00. The van der Waals surface area contributed by atoms with E-state index < -0.39 is 0 Å². The van der Waals surface area contributed by atoms with Crippen LogP contribution in [-0.4, -0.2) is 32.2 Å². The van der Waals surface area contributed by atoms with Crippen LogP contribution in [0.5, 0.6) is 0 Å². The predicted octanol–water partition coefficient (Wildman–Crippen LogP) is 2.80. The lowest BCUT2D eigenvalue weighted by atomic mass is 9.89. The molecule has 0 radical (unpaired) electrons. The van der Waals surface area contributed by atoms with Gasteiger partial charge in [0.25, 0.3) is 0 Å². The first-order valence-electron chi connectivity index (χ1n) is 6.15. The molecule has 3 heteroatoms. The van der Waals surface area contributed by atoms with Crippen molar-refractivity contribution < 1.29 is 4.74 Å². The fourth-order valence-electron chi connectivity index (χ4n) is 2.30. The van der Waals surface area contributed by atoms with E-state index in [1.165, 1.54) is 32.1 Å². The second-order valence-electron chi connectivity index (χ2n) is 4.54. The summed E-state index contributed by atoms with van der Waals surface area (Å²) in [6, 6.07) is 0.439. The zero-order chi connectivity index (χ0) is 10.9. The minimum Gasteiger partial charge on any atom is -0.383 e. The van der Waals surface area contributed by atoms with Crippen molar-refractivity contribution in [1.29, 1.82) is 0 Å². The molecule has 0 spiro atoms. The monoisotopic (exact) mass is 233 g/mol. The molecular weight excluding hydrogens is 210 g/mol. The zero-order valence-corrected chi connectivity index (χ0v) is 10.6. The summed E-state index contributed by atoms with van der Waals surface area (Å²) in [6.45, 7) is 1.92. The molecule has 0 saturated heterocycles. The number of methoxy groups -OCH3 is 1. The molecule has 90 valence electrons. The molecule has 0 bridgehead atoms. The van der Waals surface area contributed by atoms with E-state index in [0.717, 1.165) is 25.5 Å². The Kier molecular flexibility index (Phi) is 7.41. The van der Waals surface area contributed by atoms with E-state index in [0.29, 0.717) is 11.9 Å². The van der Waals surface area contributed by atoms with Crippen LogP contribution >= 0.6 is 11.6 Å². The van der Waals surface area contributed by atoms with Gasteiger partial charge in [0.05, 0.1) is 6.61 Å². The second-order valence-corrected chi connectivity index (χ2v) is 4.92. The van der Waals surface area contributed by atoms with Gasteiger partial charge in [0.2, 0.25) is 0 Å². The van der Waals surface area contributed by atoms with Gasteiger partial charge in [-0.05, 0) is 31.7 Å². The Bertz CT molecular complexity index is 143. The highest BCUT2D eigenvalue weighted by atomic mass is 35.5. The van der Waals surface area contributed by atoms with Crippen molar-refractivity contribution in [1.82, 2.24) is 5.32 Å². The van der Waals surface area contributed by atoms with Crippen LogP contribution in [0.4, 0.5) is 0 Å². The summed E-state index contributed by atoms with van der Waals surface area (Å²) in [7, 11) is 1.75. The molecule has 1 saturated carbocycles. The Labute approximate surface area is 98.7 Å². The van der Waals surface area contributed by atoms with Crippen molar-refractivity contribution in [3.05, 3.63) is 0 Å². The Balaban J connectivity index is 2.13. The van der Waals surface area contributed by atoms with E-state index in [2.05, 4.69) is 5.32 Å². The number of hydrogen-bond acceptors (Lipinski definition) is 2. The maximum absolute atomic E-state index is 5.76. The van der Waals surface area contributed by atoms with Gasteiger partial charge in [-0.3, -0.25) is 0 Å². The molecule has 0 aromatic carbocycles. The fourth-order valence-corrected chi connectivity index (χ4v) is 2.57. The Morgan fingerprint density at radius 2 is 2.07 bits per heavy atom. The van der Waals surface area contributed by atoms with Crippen LogP contribution in [0.25, 0.3) is 0 Å². The first-order valence-corrected chi connectivity index (χ1v) is 6.68. The maximum atomic E-state index is 5.76. The van der Waals surface area contributed by atoms with Gasteiger partial charge < -0.3 is 10.1 Å². The number of hydrogen-bond donors (Lipinski definition) is 1. The van der Waals surface area contributed by atoms with Gasteiger partial charge in [-0.25, -0.2) is 0 Å². The van der Waals surface area contributed by atoms with Crippen molar-refractivity contribution in [3.63, 3.8) is 0 Å². The number of nitrogens with one attached hydrogen (secondary N) is 1. The van der Waals surface area contributed by atoms with Crippen LogP contribution in [0.3, 0.4) is 0 Å². The largest absolute Gasteiger partial charge is 0.383 e. The third kappa shape index (κ3) is 5.74. The number of ether oxygens (including phenoxy) is 1. The van der Waals surface area contributed by atoms with Gasteiger partial charge in [-0.15, -0.1) is 11.6 Å². The lowest BCUT2D eigenvalue weighted by Gasteiger charge is -2.25. The summed E-state index contributed by atoms with van der Waals surface area (Å²) in [4.78, 5) is 0. The SMILES string of the molecule is COCC(CCCl)NCC1CCCCC1. The quantitative estimate of drug-likeness (QED) is 0.683. The predicted molar refractivity (Wildman–Crippen MR) is 65.6 cm³/mol. The van der Waals surface area contributed by atoms with Gasteiger partial charge in [0, 0.05) is 19.0 Å². The van der Waals surface area contributed by atoms with Gasteiger partial charge in [-0.1, -0.05) is 19.3 Å². The average Bonchev–Trinajstić information content (AvgIpc) is 2.28. The molecular formula is C12H24ClNO. The van der Waals surface area contributed by atoms with E-state index >= 15 is 0 Å². The molecule has 1 unspecified atom stereocenters. The molecule has 0 aromatic rings. The highest BCUT2D eigenvalue weighted by molar-refractivity contribution is 6.17. The molecule has 0 amide bonds. The summed E-state index contributed by atoms with van der Waals surface area (Å²) in [5.74, 6) is 1.60. The lowest BCUT2D eigenvalue weighted by Crippen LogP contribution is -2.37. The Morgan fingerprint density at radius 3 is 2.67 bits per heavy atom. The summed E-state index contributed by atoms with van der Waals surface area (Å²) in [5, 5.41) is 3.58. The normalized spacial score (nSPS) is 20.4. The number of alkyl halides is 1. The minimum absolute atomic E-state index is 0.439. The third-order valence-electron chi connectivity index (χ3n) is 3.25. The molecule has 0 aromatic heterocycles. The van der Waals surface area contributed by atoms with Gasteiger partial charge >= 0.3 is 0 Å². The number of rotatable bonds is 7. The summed E-state index contributed by atoms with van der Waals surface area (Å²) in [5.41, 5.74) is 0. The molecule has 15 heavy (non-hydrogen) atoms. The Hall–Kier alpha value is 0.210. The molecule has 1 fully saturated rings. The second kappa shape index (κ2) is 8.37. The van der Waals surface area contributed by atoms with Gasteiger partial charge in [0.15, 0.2) is 0 Å². The molecule has 1 atom stereocenters. The van der Waals surface area contributed by atoms with Crippen LogP contribution in [-0.2, 0) is 4.74 Å². The van der Waals surface area contributed by atoms with Crippen molar-refractivity contribution in [3.8, 4) is 0 Å². The maximum Gasteiger partial charge on any atom is 0.0616 e. The highest BCUT2D eigenvalue weighted by Crippen LogP contribution is 2.22. The smallest absolute Gasteiger partial charge is 0.0616 e. The summed E-state index contributed by atoms with van der Waals surface area (Å²) < 4.78 is 5.18. The van der Waals surface area contributed by atoms with E-state index in [9.17, 15) is 0 Å². The Morgan fingerprint density at radius 1 is 1.33 bits per heavy atom. The third-order valence-corrected chi connectivity index (χ3v) is 3.46. The topological polar surface area (TPSA) is 21.3 Å². The van der Waals surface area contributed by atoms with Crippen LogP contribution in [0, 0.1) is 5.92 Å². The van der Waals surface area contributed by atoms with Crippen molar-refractivity contribution >= 4 is 11.6 Å². The van der Waals surface area contributed by atoms with Crippen LogP contribution in [0.1, 0.15) is 38.5 Å². The van der Waals surface area contributed by atoms with Crippen molar-refractivity contribution in [2.75, 3.05) is 26.1 Å². The van der Waals surface area contributed by atoms with Crippen molar-refractivity contribution in [2.24, 2.45) is 5.92 Å². The summed E-state index contributed by atoms with van der Waals surface area (Å²) in [6.07, 6.45) is 8.05. The molecule has 1 aliphatic carbocycles. The van der Waals surface area contributed by atoms with Crippen molar-refractivity contribution in [2.45, 2.75) is 44.6 Å². The van der Waals surface area contributed by atoms with E-state index in [1.54, 1.807) is 7.11 Å². The van der Waals surface area contributed by atoms with E-state index in [4.69, 9.17) is 16.3 Å². The molecule has 0 heterocycles. The van der Waals surface area contributed by atoms with Crippen LogP contribution in [0.15, 0.2) is 0 Å². The first kappa shape index (κ1) is 13.3. The molecule has 2 nitrogen and oxygen atoms in total. The van der Waals surface area contributed by atoms with Gasteiger partial charge in [0.1, 0.15) is 0 Å². The van der Waals surface area contributed by atoms with E-state index in [-0.39, 0.29) is 0 Å². The molecule has 1 rings (SSSR count).